The third kappa shape index (κ3) is 4.49. The fourth-order valence-electron chi connectivity index (χ4n) is 3.31. The topological polar surface area (TPSA) is 102 Å². The normalized spacial score (nSPS) is 13.7. The number of benzene rings is 2. The fraction of sp³-hybridized carbons (Fsp3) is 0.250. The van der Waals surface area contributed by atoms with Crippen LogP contribution in [0.3, 0.4) is 0 Å². The molecule has 1 aromatic heterocycles. The highest BCUT2D eigenvalue weighted by Crippen LogP contribution is 2.27. The van der Waals surface area contributed by atoms with Crippen molar-refractivity contribution >= 4 is 33.4 Å². The van der Waals surface area contributed by atoms with Crippen LogP contribution in [0.5, 0.6) is 0 Å². The summed E-state index contributed by atoms with van der Waals surface area (Å²) in [6, 6.07) is 11.5. The van der Waals surface area contributed by atoms with Gasteiger partial charge in [-0.1, -0.05) is 22.8 Å². The van der Waals surface area contributed by atoms with Gasteiger partial charge < -0.3 is 4.42 Å². The van der Waals surface area contributed by atoms with Crippen LogP contribution in [-0.4, -0.2) is 30.3 Å². The SMILES string of the molecule is O=C(CS(=O)(=O)c1ccc(Cl)cc1)Nc1nnc(-c2ccc3c(c2)CCCC3)o1. The van der Waals surface area contributed by atoms with Crippen molar-refractivity contribution in [3.05, 3.63) is 58.6 Å². The van der Waals surface area contributed by atoms with Gasteiger partial charge in [0.25, 0.3) is 0 Å². The van der Waals surface area contributed by atoms with E-state index < -0.39 is 21.5 Å². The number of hydrogen-bond acceptors (Lipinski definition) is 6. The summed E-state index contributed by atoms with van der Waals surface area (Å²) < 4.78 is 30.2. The maximum absolute atomic E-state index is 12.3. The van der Waals surface area contributed by atoms with Crippen molar-refractivity contribution in [1.29, 1.82) is 0 Å². The molecule has 0 bridgehead atoms. The molecule has 1 N–H and O–H groups in total. The van der Waals surface area contributed by atoms with Crippen molar-refractivity contribution in [2.24, 2.45) is 0 Å². The van der Waals surface area contributed by atoms with Gasteiger partial charge in [-0.3, -0.25) is 10.1 Å². The van der Waals surface area contributed by atoms with E-state index in [9.17, 15) is 13.2 Å². The molecular weight excluding hydrogens is 414 g/mol. The van der Waals surface area contributed by atoms with Crippen LogP contribution < -0.4 is 5.32 Å². The molecular formula is C20H18ClN3O4S. The second kappa shape index (κ2) is 7.96. The summed E-state index contributed by atoms with van der Waals surface area (Å²) >= 11 is 5.77. The Hall–Kier alpha value is -2.71. The van der Waals surface area contributed by atoms with Crippen molar-refractivity contribution in [2.45, 2.75) is 30.6 Å². The lowest BCUT2D eigenvalue weighted by Crippen LogP contribution is -2.23. The highest BCUT2D eigenvalue weighted by atomic mass is 35.5. The Morgan fingerprint density at radius 1 is 1.03 bits per heavy atom. The van der Waals surface area contributed by atoms with Gasteiger partial charge in [0, 0.05) is 10.6 Å². The molecule has 3 aromatic rings. The van der Waals surface area contributed by atoms with Gasteiger partial charge >= 0.3 is 6.01 Å². The Kier molecular flexibility index (Phi) is 5.38. The lowest BCUT2D eigenvalue weighted by molar-refractivity contribution is -0.114. The number of rotatable bonds is 5. The van der Waals surface area contributed by atoms with Crippen LogP contribution in [0.25, 0.3) is 11.5 Å². The molecule has 9 heteroatoms. The number of aromatic nitrogens is 2. The zero-order valence-electron chi connectivity index (χ0n) is 15.4. The molecule has 0 unspecified atom stereocenters. The number of fused-ring (bicyclic) bond motifs is 1. The first-order valence-corrected chi connectivity index (χ1v) is 11.2. The van der Waals surface area contributed by atoms with Crippen molar-refractivity contribution in [2.75, 3.05) is 11.1 Å². The Bertz CT molecular complexity index is 1160. The molecule has 4 rings (SSSR count). The molecule has 0 radical (unpaired) electrons. The first-order chi connectivity index (χ1) is 13.9. The van der Waals surface area contributed by atoms with Crippen LogP contribution in [-0.2, 0) is 27.5 Å². The zero-order chi connectivity index (χ0) is 20.4. The molecule has 1 amide bonds. The molecule has 0 saturated heterocycles. The Balaban J connectivity index is 1.45. The van der Waals surface area contributed by atoms with Gasteiger partial charge in [-0.05, 0) is 73.2 Å². The van der Waals surface area contributed by atoms with E-state index in [0.29, 0.717) is 5.02 Å². The third-order valence-corrected chi connectivity index (χ3v) is 6.65. The van der Waals surface area contributed by atoms with Gasteiger partial charge in [0.15, 0.2) is 9.84 Å². The van der Waals surface area contributed by atoms with Crippen LogP contribution in [0.4, 0.5) is 6.01 Å². The minimum atomic E-state index is -3.81. The number of nitrogens with one attached hydrogen (secondary N) is 1. The zero-order valence-corrected chi connectivity index (χ0v) is 17.0. The third-order valence-electron chi connectivity index (χ3n) is 4.76. The average Bonchev–Trinajstić information content (AvgIpc) is 3.15. The van der Waals surface area contributed by atoms with Crippen molar-refractivity contribution in [1.82, 2.24) is 10.2 Å². The summed E-state index contributed by atoms with van der Waals surface area (Å²) in [6.45, 7) is 0. The summed E-state index contributed by atoms with van der Waals surface area (Å²) in [6.07, 6.45) is 4.44. The molecule has 0 atom stereocenters. The standard InChI is InChI=1S/C20H18ClN3O4S/c21-16-7-9-17(10-8-16)29(26,27)12-18(25)22-20-24-23-19(28-20)15-6-5-13-3-1-2-4-14(13)11-15/h5-11H,1-4,12H2,(H,22,24,25). The van der Waals surface area contributed by atoms with Crippen LogP contribution >= 0.6 is 11.6 Å². The first kappa shape index (κ1) is 19.6. The predicted molar refractivity (Wildman–Crippen MR) is 109 cm³/mol. The Morgan fingerprint density at radius 2 is 1.76 bits per heavy atom. The number of amides is 1. The van der Waals surface area contributed by atoms with E-state index in [1.807, 2.05) is 12.1 Å². The van der Waals surface area contributed by atoms with Gasteiger partial charge in [-0.2, -0.15) is 0 Å². The molecule has 0 saturated carbocycles. The van der Waals surface area contributed by atoms with Gasteiger partial charge in [0.05, 0.1) is 4.90 Å². The quantitative estimate of drug-likeness (QED) is 0.661. The number of halogens is 1. The molecule has 150 valence electrons. The number of aryl methyl sites for hydroxylation is 2. The highest BCUT2D eigenvalue weighted by molar-refractivity contribution is 7.92. The first-order valence-electron chi connectivity index (χ1n) is 9.14. The number of sulfone groups is 1. The van der Waals surface area contributed by atoms with E-state index in [-0.39, 0.29) is 16.8 Å². The van der Waals surface area contributed by atoms with E-state index in [2.05, 4.69) is 21.6 Å². The fourth-order valence-corrected chi connectivity index (χ4v) is 4.57. The molecule has 0 spiro atoms. The molecule has 2 aromatic carbocycles. The minimum absolute atomic E-state index is 0.0114. The minimum Gasteiger partial charge on any atom is -0.403 e. The second-order valence-corrected chi connectivity index (χ2v) is 9.29. The Labute approximate surface area is 173 Å². The van der Waals surface area contributed by atoms with Crippen LogP contribution in [0, 0.1) is 0 Å². The average molecular weight is 432 g/mol. The lowest BCUT2D eigenvalue weighted by Gasteiger charge is -2.15. The summed E-state index contributed by atoms with van der Waals surface area (Å²) in [7, 11) is -3.81. The number of carbonyl (C=O) groups is 1. The molecule has 0 fully saturated rings. The maximum Gasteiger partial charge on any atom is 0.322 e. The van der Waals surface area contributed by atoms with E-state index in [0.717, 1.165) is 24.8 Å². The molecule has 7 nitrogen and oxygen atoms in total. The van der Waals surface area contributed by atoms with E-state index >= 15 is 0 Å². The van der Waals surface area contributed by atoms with Crippen LogP contribution in [0.2, 0.25) is 5.02 Å². The van der Waals surface area contributed by atoms with Gasteiger partial charge in [-0.15, -0.1) is 5.10 Å². The molecule has 1 aliphatic rings. The molecule has 29 heavy (non-hydrogen) atoms. The van der Waals surface area contributed by atoms with Gasteiger partial charge in [-0.25, -0.2) is 8.42 Å². The van der Waals surface area contributed by atoms with Gasteiger partial charge in [0.2, 0.25) is 11.8 Å². The predicted octanol–water partition coefficient (Wildman–Crippen LogP) is 3.68. The molecule has 0 aliphatic heterocycles. The maximum atomic E-state index is 12.3. The number of nitrogens with zero attached hydrogens (tertiary/aromatic N) is 2. The highest BCUT2D eigenvalue weighted by Gasteiger charge is 2.21. The number of hydrogen-bond donors (Lipinski definition) is 1. The van der Waals surface area contributed by atoms with Crippen LogP contribution in [0.1, 0.15) is 24.0 Å². The van der Waals surface area contributed by atoms with Crippen molar-refractivity contribution in [3.63, 3.8) is 0 Å². The largest absolute Gasteiger partial charge is 0.403 e. The van der Waals surface area contributed by atoms with Crippen LogP contribution in [0.15, 0.2) is 51.8 Å². The number of carbonyl (C=O) groups excluding carboxylic acids is 1. The van der Waals surface area contributed by atoms with E-state index in [4.69, 9.17) is 16.0 Å². The van der Waals surface area contributed by atoms with E-state index in [1.54, 1.807) is 0 Å². The van der Waals surface area contributed by atoms with Crippen molar-refractivity contribution < 1.29 is 17.6 Å². The summed E-state index contributed by atoms with van der Waals surface area (Å²) in [5.41, 5.74) is 3.37. The van der Waals surface area contributed by atoms with Crippen molar-refractivity contribution in [3.8, 4) is 11.5 Å². The van der Waals surface area contributed by atoms with Gasteiger partial charge in [0.1, 0.15) is 5.75 Å². The number of anilines is 1. The lowest BCUT2D eigenvalue weighted by atomic mass is 9.90. The monoisotopic (exact) mass is 431 g/mol. The summed E-state index contributed by atoms with van der Waals surface area (Å²) in [4.78, 5) is 12.2. The Morgan fingerprint density at radius 3 is 2.52 bits per heavy atom. The summed E-state index contributed by atoms with van der Waals surface area (Å²) in [5, 5.41) is 10.5. The summed E-state index contributed by atoms with van der Waals surface area (Å²) in [5.74, 6) is -1.24. The molecule has 1 heterocycles. The smallest absolute Gasteiger partial charge is 0.322 e. The van der Waals surface area contributed by atoms with E-state index in [1.165, 1.54) is 41.8 Å². The second-order valence-electron chi connectivity index (χ2n) is 6.86. The molecule has 1 aliphatic carbocycles.